The van der Waals surface area contributed by atoms with Crippen LogP contribution in [0.3, 0.4) is 0 Å². The van der Waals surface area contributed by atoms with Crippen LogP contribution in [-0.2, 0) is 9.59 Å². The molecule has 9 heteroatoms. The maximum atomic E-state index is 13.6. The number of hydrogen-bond donors (Lipinski definition) is 2. The van der Waals surface area contributed by atoms with Crippen molar-refractivity contribution in [3.8, 4) is 11.3 Å². The molecule has 1 aliphatic rings. The number of likely N-dealkylation sites (N-methyl/N-ethyl adjacent to an activating group) is 1. The predicted octanol–water partition coefficient (Wildman–Crippen LogP) is 1.79. The number of nitrogens with zero attached hydrogens (tertiary/aromatic N) is 5. The summed E-state index contributed by atoms with van der Waals surface area (Å²) >= 11 is 0. The van der Waals surface area contributed by atoms with Crippen LogP contribution in [0.2, 0.25) is 0 Å². The summed E-state index contributed by atoms with van der Waals surface area (Å²) in [4.78, 5) is 31.8. The highest BCUT2D eigenvalue weighted by molar-refractivity contribution is 5.90. The second-order valence-electron chi connectivity index (χ2n) is 9.27. The molecule has 2 unspecified atom stereocenters. The number of pyridine rings is 1. The molecule has 0 spiro atoms. The lowest BCUT2D eigenvalue weighted by molar-refractivity contribution is -0.144. The second kappa shape index (κ2) is 8.31. The van der Waals surface area contributed by atoms with Gasteiger partial charge in [-0.1, -0.05) is 38.1 Å². The fraction of sp³-hybridized carbons (Fsp3) is 0.435. The van der Waals surface area contributed by atoms with Crippen molar-refractivity contribution >= 4 is 22.7 Å². The molecule has 0 radical (unpaired) electrons. The molecular weight excluding hydrogens is 408 g/mol. The highest BCUT2D eigenvalue weighted by Crippen LogP contribution is 2.35. The van der Waals surface area contributed by atoms with Gasteiger partial charge in [0.25, 0.3) is 0 Å². The third-order valence-electron chi connectivity index (χ3n) is 5.84. The van der Waals surface area contributed by atoms with Gasteiger partial charge in [0.15, 0.2) is 0 Å². The number of amides is 2. The van der Waals surface area contributed by atoms with E-state index in [1.807, 2.05) is 51.1 Å². The Morgan fingerprint density at radius 1 is 1.25 bits per heavy atom. The van der Waals surface area contributed by atoms with E-state index >= 15 is 0 Å². The minimum absolute atomic E-state index is 0.114. The van der Waals surface area contributed by atoms with E-state index in [4.69, 9.17) is 0 Å². The van der Waals surface area contributed by atoms with Crippen LogP contribution >= 0.6 is 0 Å². The van der Waals surface area contributed by atoms with Crippen molar-refractivity contribution in [2.45, 2.75) is 45.4 Å². The van der Waals surface area contributed by atoms with Crippen LogP contribution in [0.15, 0.2) is 42.7 Å². The molecule has 1 aliphatic heterocycles. The zero-order valence-corrected chi connectivity index (χ0v) is 18.7. The predicted molar refractivity (Wildman–Crippen MR) is 119 cm³/mol. The van der Waals surface area contributed by atoms with Crippen LogP contribution in [0, 0.1) is 5.41 Å². The summed E-state index contributed by atoms with van der Waals surface area (Å²) < 4.78 is 1.57. The van der Waals surface area contributed by atoms with Gasteiger partial charge in [-0.2, -0.15) is 0 Å². The second-order valence-corrected chi connectivity index (χ2v) is 9.27. The van der Waals surface area contributed by atoms with Gasteiger partial charge in [-0.15, -0.1) is 5.10 Å². The molecule has 0 bridgehead atoms. The maximum Gasteiger partial charge on any atom is 0.248 e. The van der Waals surface area contributed by atoms with E-state index in [1.54, 1.807) is 17.1 Å². The summed E-state index contributed by atoms with van der Waals surface area (Å²) in [5, 5.41) is 22.3. The number of hydrogen-bond acceptors (Lipinski definition) is 6. The Hall–Kier alpha value is -3.33. The van der Waals surface area contributed by atoms with Crippen LogP contribution in [0.5, 0.6) is 0 Å². The molecule has 32 heavy (non-hydrogen) atoms. The monoisotopic (exact) mass is 436 g/mol. The molecule has 3 heterocycles. The largest absolute Gasteiger partial charge is 0.391 e. The van der Waals surface area contributed by atoms with Gasteiger partial charge in [0.1, 0.15) is 17.8 Å². The van der Waals surface area contributed by atoms with E-state index in [-0.39, 0.29) is 24.8 Å². The van der Waals surface area contributed by atoms with Crippen LogP contribution in [0.4, 0.5) is 0 Å². The number of rotatable bonds is 4. The van der Waals surface area contributed by atoms with Crippen molar-refractivity contribution in [3.63, 3.8) is 0 Å². The molecule has 4 rings (SSSR count). The van der Waals surface area contributed by atoms with Gasteiger partial charge in [0.2, 0.25) is 11.8 Å². The molecule has 1 aromatic carbocycles. The van der Waals surface area contributed by atoms with Crippen molar-refractivity contribution in [3.05, 3.63) is 42.7 Å². The molecule has 2 aromatic heterocycles. The topological polar surface area (TPSA) is 113 Å². The van der Waals surface area contributed by atoms with Gasteiger partial charge in [0.05, 0.1) is 17.8 Å². The van der Waals surface area contributed by atoms with E-state index in [0.29, 0.717) is 5.69 Å². The average Bonchev–Trinajstić information content (AvgIpc) is 3.39. The van der Waals surface area contributed by atoms with Crippen molar-refractivity contribution in [2.75, 3.05) is 13.6 Å². The van der Waals surface area contributed by atoms with E-state index in [0.717, 1.165) is 16.5 Å². The molecular formula is C23H28N6O3. The maximum absolute atomic E-state index is 13.6. The summed E-state index contributed by atoms with van der Waals surface area (Å²) in [5.74, 6) is -0.548. The van der Waals surface area contributed by atoms with Gasteiger partial charge < -0.3 is 15.3 Å². The third kappa shape index (κ3) is 4.08. The number of carbonyl (C=O) groups is 2. The number of aliphatic hydroxyl groups excluding tert-OH is 1. The average molecular weight is 437 g/mol. The summed E-state index contributed by atoms with van der Waals surface area (Å²) in [7, 11) is 1.53. The molecule has 168 valence electrons. The summed E-state index contributed by atoms with van der Waals surface area (Å²) in [6.07, 6.45) is 2.99. The Morgan fingerprint density at radius 3 is 2.75 bits per heavy atom. The number of β-amino-alcohol motifs (C(OH)–C–C–N with tert-alkyl or cyclic N) is 1. The molecule has 0 aliphatic carbocycles. The van der Waals surface area contributed by atoms with E-state index < -0.39 is 23.6 Å². The lowest BCUT2D eigenvalue weighted by atomic mass is 9.85. The molecule has 1 saturated heterocycles. The number of carbonyl (C=O) groups excluding carboxylic acids is 2. The zero-order chi connectivity index (χ0) is 23.0. The minimum Gasteiger partial charge on any atom is -0.391 e. The van der Waals surface area contributed by atoms with Crippen LogP contribution in [0.1, 0.15) is 33.2 Å². The molecule has 9 nitrogen and oxygen atoms in total. The molecule has 1 fully saturated rings. The Balaban J connectivity index is 1.68. The first-order valence-corrected chi connectivity index (χ1v) is 10.7. The van der Waals surface area contributed by atoms with Crippen molar-refractivity contribution in [1.29, 1.82) is 0 Å². The van der Waals surface area contributed by atoms with E-state index in [2.05, 4.69) is 20.6 Å². The Kier molecular flexibility index (Phi) is 5.68. The SMILES string of the molecule is CNC(=O)[C@H]1CC(O)CN1C(=O)C(n1cc(-c2ccc3ncccc3c2)nn1)C(C)(C)C. The molecule has 0 saturated carbocycles. The Labute approximate surface area is 186 Å². The first-order chi connectivity index (χ1) is 15.2. The third-order valence-corrected chi connectivity index (χ3v) is 5.84. The lowest BCUT2D eigenvalue weighted by Crippen LogP contribution is -2.49. The molecule has 3 atom stereocenters. The van der Waals surface area contributed by atoms with Gasteiger partial charge in [-0.05, 0) is 23.6 Å². The van der Waals surface area contributed by atoms with E-state index in [9.17, 15) is 14.7 Å². The first kappa shape index (κ1) is 21.9. The van der Waals surface area contributed by atoms with Gasteiger partial charge in [-0.25, -0.2) is 4.68 Å². The molecule has 3 aromatic rings. The van der Waals surface area contributed by atoms with Crippen LogP contribution in [0.25, 0.3) is 22.2 Å². The van der Waals surface area contributed by atoms with Crippen molar-refractivity contribution in [1.82, 2.24) is 30.2 Å². The number of aliphatic hydroxyl groups is 1. The quantitative estimate of drug-likeness (QED) is 0.645. The fourth-order valence-corrected chi connectivity index (χ4v) is 4.28. The minimum atomic E-state index is -0.737. The van der Waals surface area contributed by atoms with Gasteiger partial charge in [0, 0.05) is 37.2 Å². The Morgan fingerprint density at radius 2 is 2.03 bits per heavy atom. The smallest absolute Gasteiger partial charge is 0.248 e. The number of aromatic nitrogens is 4. The van der Waals surface area contributed by atoms with E-state index in [1.165, 1.54) is 11.9 Å². The summed E-state index contributed by atoms with van der Waals surface area (Å²) in [6, 6.07) is 8.31. The molecule has 2 amide bonds. The highest BCUT2D eigenvalue weighted by atomic mass is 16.3. The fourth-order valence-electron chi connectivity index (χ4n) is 4.28. The Bertz CT molecular complexity index is 1150. The number of benzene rings is 1. The number of nitrogens with one attached hydrogen (secondary N) is 1. The zero-order valence-electron chi connectivity index (χ0n) is 18.7. The number of fused-ring (bicyclic) bond motifs is 1. The standard InChI is InChI=1S/C23H28N6O3/c1-23(2,3)20(22(32)28-12-16(30)11-19(28)21(31)24-4)29-13-18(26-27-29)15-7-8-17-14(10-15)6-5-9-25-17/h5-10,13,16,19-20,30H,11-12H2,1-4H3,(H,24,31)/t16?,19-,20?/m1/s1. The first-order valence-electron chi connectivity index (χ1n) is 10.7. The summed E-state index contributed by atoms with van der Waals surface area (Å²) in [5.41, 5.74) is 1.90. The van der Waals surface area contributed by atoms with Crippen LogP contribution < -0.4 is 5.32 Å². The van der Waals surface area contributed by atoms with Crippen molar-refractivity contribution in [2.24, 2.45) is 5.41 Å². The van der Waals surface area contributed by atoms with Gasteiger partial charge >= 0.3 is 0 Å². The van der Waals surface area contributed by atoms with Gasteiger partial charge in [-0.3, -0.25) is 14.6 Å². The molecule has 2 N–H and O–H groups in total. The lowest BCUT2D eigenvalue weighted by Gasteiger charge is -2.34. The normalized spacial score (nSPS) is 19.8. The van der Waals surface area contributed by atoms with Crippen LogP contribution in [-0.4, -0.2) is 67.5 Å². The number of likely N-dealkylation sites (tertiary alicyclic amines) is 1. The highest BCUT2D eigenvalue weighted by Gasteiger charge is 2.45. The summed E-state index contributed by atoms with van der Waals surface area (Å²) in [6.45, 7) is 5.95. The van der Waals surface area contributed by atoms with Crippen molar-refractivity contribution < 1.29 is 14.7 Å².